The Morgan fingerprint density at radius 2 is 2.16 bits per heavy atom. The van der Waals surface area contributed by atoms with Crippen LogP contribution in [0.4, 0.5) is 5.69 Å². The minimum absolute atomic E-state index is 0.0692. The van der Waals surface area contributed by atoms with Gasteiger partial charge in [-0.3, -0.25) is 4.79 Å². The Hall–Kier alpha value is -1.55. The molecule has 1 amide bonds. The lowest BCUT2D eigenvalue weighted by Crippen LogP contribution is -2.31. The molecule has 104 valence electrons. The van der Waals surface area contributed by atoms with E-state index in [1.165, 1.54) is 0 Å². The summed E-state index contributed by atoms with van der Waals surface area (Å²) in [6, 6.07) is 7.47. The van der Waals surface area contributed by atoms with Crippen LogP contribution in [0.5, 0.6) is 5.75 Å². The van der Waals surface area contributed by atoms with E-state index in [2.05, 4.69) is 5.32 Å². The number of para-hydroxylation sites is 2. The van der Waals surface area contributed by atoms with E-state index in [9.17, 15) is 4.79 Å². The van der Waals surface area contributed by atoms with Gasteiger partial charge in [0, 0.05) is 6.61 Å². The molecule has 0 radical (unpaired) electrons. The molecule has 2 rings (SSSR count). The summed E-state index contributed by atoms with van der Waals surface area (Å²) in [7, 11) is 0. The van der Waals surface area contributed by atoms with Crippen molar-refractivity contribution in [2.24, 2.45) is 5.92 Å². The lowest BCUT2D eigenvalue weighted by Gasteiger charge is -2.18. The number of hydrogen-bond acceptors (Lipinski definition) is 3. The predicted octanol–water partition coefficient (Wildman–Crippen LogP) is 2.84. The van der Waals surface area contributed by atoms with Crippen LogP contribution in [0.25, 0.3) is 0 Å². The highest BCUT2D eigenvalue weighted by Gasteiger charge is 2.31. The largest absolute Gasteiger partial charge is 0.489 e. The van der Waals surface area contributed by atoms with Crippen molar-refractivity contribution in [3.8, 4) is 5.75 Å². The quantitative estimate of drug-likeness (QED) is 0.908. The van der Waals surface area contributed by atoms with E-state index in [4.69, 9.17) is 9.47 Å². The average Bonchev–Trinajstić information content (AvgIpc) is 2.77. The molecule has 1 heterocycles. The molecule has 1 N–H and O–H groups in total. The van der Waals surface area contributed by atoms with Gasteiger partial charge < -0.3 is 14.8 Å². The van der Waals surface area contributed by atoms with Crippen molar-refractivity contribution in [3.63, 3.8) is 0 Å². The van der Waals surface area contributed by atoms with Crippen molar-refractivity contribution in [1.82, 2.24) is 0 Å². The molecule has 0 aliphatic carbocycles. The minimum atomic E-state index is -0.355. The van der Waals surface area contributed by atoms with Gasteiger partial charge in [-0.25, -0.2) is 0 Å². The van der Waals surface area contributed by atoms with Gasteiger partial charge in [0.2, 0.25) is 0 Å². The van der Waals surface area contributed by atoms with Crippen LogP contribution in [0.2, 0.25) is 0 Å². The molecule has 4 heteroatoms. The molecule has 1 aliphatic heterocycles. The molecular weight excluding hydrogens is 242 g/mol. The molecule has 2 atom stereocenters. The maximum atomic E-state index is 12.2. The first-order chi connectivity index (χ1) is 9.08. The van der Waals surface area contributed by atoms with Gasteiger partial charge in [-0.15, -0.1) is 0 Å². The fraction of sp³-hybridized carbons (Fsp3) is 0.533. The first-order valence-electron chi connectivity index (χ1n) is 6.76. The van der Waals surface area contributed by atoms with E-state index in [0.29, 0.717) is 18.0 Å². The molecule has 0 aromatic heterocycles. The highest BCUT2D eigenvalue weighted by Crippen LogP contribution is 2.27. The Kier molecular flexibility index (Phi) is 4.43. The number of rotatable bonds is 4. The first-order valence-corrected chi connectivity index (χ1v) is 6.76. The van der Waals surface area contributed by atoms with Gasteiger partial charge in [0.25, 0.3) is 5.91 Å². The third kappa shape index (κ3) is 3.47. The van der Waals surface area contributed by atoms with Gasteiger partial charge in [0.15, 0.2) is 0 Å². The first kappa shape index (κ1) is 13.9. The molecule has 0 unspecified atom stereocenters. The van der Waals surface area contributed by atoms with Crippen LogP contribution in [0.1, 0.15) is 27.2 Å². The summed E-state index contributed by atoms with van der Waals surface area (Å²) in [4.78, 5) is 12.2. The monoisotopic (exact) mass is 263 g/mol. The van der Waals surface area contributed by atoms with Crippen LogP contribution < -0.4 is 10.1 Å². The summed E-state index contributed by atoms with van der Waals surface area (Å²) in [5.41, 5.74) is 0.698. The third-order valence-corrected chi connectivity index (χ3v) is 3.15. The van der Waals surface area contributed by atoms with Crippen LogP contribution in [-0.2, 0) is 9.53 Å². The van der Waals surface area contributed by atoms with E-state index in [-0.39, 0.29) is 24.0 Å². The Morgan fingerprint density at radius 3 is 2.79 bits per heavy atom. The van der Waals surface area contributed by atoms with Crippen molar-refractivity contribution < 1.29 is 14.3 Å². The smallest absolute Gasteiger partial charge is 0.253 e. The van der Waals surface area contributed by atoms with E-state index in [1.54, 1.807) is 0 Å². The summed E-state index contributed by atoms with van der Waals surface area (Å²) in [5.74, 6) is 0.861. The summed E-state index contributed by atoms with van der Waals surface area (Å²) in [5, 5.41) is 2.90. The zero-order valence-corrected chi connectivity index (χ0v) is 11.7. The highest BCUT2D eigenvalue weighted by molar-refractivity contribution is 5.95. The van der Waals surface area contributed by atoms with Crippen molar-refractivity contribution >= 4 is 11.6 Å². The summed E-state index contributed by atoms with van der Waals surface area (Å²) < 4.78 is 11.1. The second-order valence-electron chi connectivity index (χ2n) is 5.21. The van der Waals surface area contributed by atoms with Gasteiger partial charge >= 0.3 is 0 Å². The van der Waals surface area contributed by atoms with Crippen LogP contribution in [0, 0.1) is 5.92 Å². The molecule has 1 aromatic rings. The molecule has 0 saturated carbocycles. The lowest BCUT2D eigenvalue weighted by atomic mass is 10.0. The normalized spacial score (nSPS) is 22.5. The minimum Gasteiger partial charge on any atom is -0.489 e. The van der Waals surface area contributed by atoms with Gasteiger partial charge in [0.05, 0.1) is 11.8 Å². The molecule has 1 aliphatic rings. The van der Waals surface area contributed by atoms with Crippen LogP contribution in [0.3, 0.4) is 0 Å². The SMILES string of the molecule is CC(C)Oc1ccccc1NC(=O)[C@H]1OCC[C@H]1C. The maximum absolute atomic E-state index is 12.2. The number of nitrogens with one attached hydrogen (secondary N) is 1. The summed E-state index contributed by atoms with van der Waals surface area (Å²) in [6.07, 6.45) is 0.647. The summed E-state index contributed by atoms with van der Waals surface area (Å²) in [6.45, 7) is 6.61. The van der Waals surface area contributed by atoms with E-state index < -0.39 is 0 Å². The fourth-order valence-electron chi connectivity index (χ4n) is 2.16. The number of hydrogen-bond donors (Lipinski definition) is 1. The Labute approximate surface area is 114 Å². The Balaban J connectivity index is 2.08. The van der Waals surface area contributed by atoms with Crippen molar-refractivity contribution in [3.05, 3.63) is 24.3 Å². The van der Waals surface area contributed by atoms with E-state index >= 15 is 0 Å². The molecule has 1 aromatic carbocycles. The third-order valence-electron chi connectivity index (χ3n) is 3.15. The molecule has 0 spiro atoms. The maximum Gasteiger partial charge on any atom is 0.253 e. The van der Waals surface area contributed by atoms with Crippen molar-refractivity contribution in [2.45, 2.75) is 39.4 Å². The molecule has 1 saturated heterocycles. The van der Waals surface area contributed by atoms with E-state index in [1.807, 2.05) is 45.0 Å². The van der Waals surface area contributed by atoms with Crippen LogP contribution in [0.15, 0.2) is 24.3 Å². The second kappa shape index (κ2) is 6.06. The molecule has 19 heavy (non-hydrogen) atoms. The predicted molar refractivity (Wildman–Crippen MR) is 74.4 cm³/mol. The molecule has 4 nitrogen and oxygen atoms in total. The van der Waals surface area contributed by atoms with Gasteiger partial charge in [0.1, 0.15) is 11.9 Å². The molecule has 1 fully saturated rings. The zero-order valence-electron chi connectivity index (χ0n) is 11.7. The number of amides is 1. The fourth-order valence-corrected chi connectivity index (χ4v) is 2.16. The van der Waals surface area contributed by atoms with Crippen molar-refractivity contribution in [2.75, 3.05) is 11.9 Å². The summed E-state index contributed by atoms with van der Waals surface area (Å²) >= 11 is 0. The van der Waals surface area contributed by atoms with Crippen molar-refractivity contribution in [1.29, 1.82) is 0 Å². The van der Waals surface area contributed by atoms with Gasteiger partial charge in [-0.2, -0.15) is 0 Å². The zero-order chi connectivity index (χ0) is 13.8. The number of ether oxygens (including phenoxy) is 2. The Bertz CT molecular complexity index is 445. The topological polar surface area (TPSA) is 47.6 Å². The average molecular weight is 263 g/mol. The number of carbonyl (C=O) groups excluding carboxylic acids is 1. The van der Waals surface area contributed by atoms with Crippen LogP contribution >= 0.6 is 0 Å². The second-order valence-corrected chi connectivity index (χ2v) is 5.21. The highest BCUT2D eigenvalue weighted by atomic mass is 16.5. The lowest BCUT2D eigenvalue weighted by molar-refractivity contribution is -0.126. The Morgan fingerprint density at radius 1 is 1.42 bits per heavy atom. The standard InChI is InChI=1S/C15H21NO3/c1-10(2)19-13-7-5-4-6-12(13)16-15(17)14-11(3)8-9-18-14/h4-7,10-11,14H,8-9H2,1-3H3,(H,16,17)/t11-,14+/m1/s1. The number of benzene rings is 1. The van der Waals surface area contributed by atoms with E-state index in [0.717, 1.165) is 6.42 Å². The number of anilines is 1. The van der Waals surface area contributed by atoms with Crippen LogP contribution in [-0.4, -0.2) is 24.7 Å². The number of carbonyl (C=O) groups is 1. The van der Waals surface area contributed by atoms with Gasteiger partial charge in [-0.05, 0) is 38.3 Å². The molecule has 0 bridgehead atoms. The molecular formula is C15H21NO3. The van der Waals surface area contributed by atoms with Gasteiger partial charge in [-0.1, -0.05) is 19.1 Å².